The van der Waals surface area contributed by atoms with Gasteiger partial charge < -0.3 is 9.73 Å². The highest BCUT2D eigenvalue weighted by Crippen LogP contribution is 2.21. The van der Waals surface area contributed by atoms with Gasteiger partial charge >= 0.3 is 5.63 Å². The fourth-order valence-corrected chi connectivity index (χ4v) is 2.75. The van der Waals surface area contributed by atoms with Gasteiger partial charge in [-0.15, -0.1) is 11.3 Å². The number of nitrogens with one attached hydrogen (secondary N) is 1. The number of thiophene rings is 1. The maximum atomic E-state index is 12.0. The minimum atomic E-state index is -0.578. The molecule has 0 spiro atoms. The third-order valence-corrected chi connectivity index (χ3v) is 4.34. The molecule has 0 fully saturated rings. The Morgan fingerprint density at radius 2 is 1.86 bits per heavy atom. The normalized spacial score (nSPS) is 10.4. The van der Waals surface area contributed by atoms with E-state index in [1.54, 1.807) is 29.6 Å². The first-order valence-electron chi connectivity index (χ1n) is 6.38. The smallest absolute Gasteiger partial charge is 0.360 e. The van der Waals surface area contributed by atoms with Gasteiger partial charge in [-0.2, -0.15) is 0 Å². The molecule has 1 N–H and O–H groups in total. The summed E-state index contributed by atoms with van der Waals surface area (Å²) < 4.78 is 6.21. The summed E-state index contributed by atoms with van der Waals surface area (Å²) in [6.07, 6.45) is 0. The van der Waals surface area contributed by atoms with Crippen LogP contribution in [0.3, 0.4) is 0 Å². The van der Waals surface area contributed by atoms with E-state index in [2.05, 4.69) is 21.2 Å². The standard InChI is InChI=1S/C16H10BrNO3S/c17-11-5-3-10(4-6-11)13-8-7-12(16(20)21-13)18-15(19)14-2-1-9-22-14/h1-9H,(H,18,19). The van der Waals surface area contributed by atoms with Gasteiger partial charge in [-0.05, 0) is 35.7 Å². The van der Waals surface area contributed by atoms with Crippen molar-refractivity contribution in [2.75, 3.05) is 5.32 Å². The summed E-state index contributed by atoms with van der Waals surface area (Å²) in [5, 5.41) is 4.36. The Balaban J connectivity index is 1.85. The Morgan fingerprint density at radius 3 is 2.50 bits per heavy atom. The summed E-state index contributed by atoms with van der Waals surface area (Å²) in [5.74, 6) is 0.130. The van der Waals surface area contributed by atoms with E-state index in [0.29, 0.717) is 10.6 Å². The molecule has 1 amide bonds. The SMILES string of the molecule is O=C(Nc1ccc(-c2ccc(Br)cc2)oc1=O)c1cccs1. The highest BCUT2D eigenvalue weighted by atomic mass is 79.9. The predicted octanol–water partition coefficient (Wildman–Crippen LogP) is 4.38. The number of anilines is 1. The Morgan fingerprint density at radius 1 is 1.09 bits per heavy atom. The van der Waals surface area contributed by atoms with Crippen LogP contribution >= 0.6 is 27.3 Å². The minimum Gasteiger partial charge on any atom is -0.421 e. The van der Waals surface area contributed by atoms with Crippen LogP contribution in [0.2, 0.25) is 0 Å². The van der Waals surface area contributed by atoms with Crippen LogP contribution in [-0.2, 0) is 0 Å². The first kappa shape index (κ1) is 14.7. The van der Waals surface area contributed by atoms with Gasteiger partial charge in [0.05, 0.1) is 4.88 Å². The quantitative estimate of drug-likeness (QED) is 0.738. The highest BCUT2D eigenvalue weighted by Gasteiger charge is 2.11. The Bertz CT molecular complexity index is 854. The van der Waals surface area contributed by atoms with Crippen molar-refractivity contribution in [1.29, 1.82) is 0 Å². The zero-order valence-electron chi connectivity index (χ0n) is 11.2. The van der Waals surface area contributed by atoms with Gasteiger partial charge in [-0.1, -0.05) is 34.1 Å². The third-order valence-electron chi connectivity index (χ3n) is 2.95. The predicted molar refractivity (Wildman–Crippen MR) is 90.4 cm³/mol. The van der Waals surface area contributed by atoms with Crippen LogP contribution in [0, 0.1) is 0 Å². The summed E-state index contributed by atoms with van der Waals surface area (Å²) in [6, 6.07) is 14.1. The number of benzene rings is 1. The second-order valence-electron chi connectivity index (χ2n) is 4.44. The molecule has 0 aliphatic rings. The van der Waals surface area contributed by atoms with E-state index in [-0.39, 0.29) is 11.6 Å². The van der Waals surface area contributed by atoms with E-state index in [9.17, 15) is 9.59 Å². The lowest BCUT2D eigenvalue weighted by Crippen LogP contribution is -2.16. The zero-order chi connectivity index (χ0) is 15.5. The zero-order valence-corrected chi connectivity index (χ0v) is 13.6. The van der Waals surface area contributed by atoms with Crippen LogP contribution in [0.15, 0.2) is 67.6 Å². The molecule has 0 aliphatic heterocycles. The van der Waals surface area contributed by atoms with E-state index in [0.717, 1.165) is 10.0 Å². The molecule has 0 saturated heterocycles. The van der Waals surface area contributed by atoms with Crippen molar-refractivity contribution in [2.24, 2.45) is 0 Å². The maximum absolute atomic E-state index is 12.0. The van der Waals surface area contributed by atoms with Crippen molar-refractivity contribution in [2.45, 2.75) is 0 Å². The molecule has 0 saturated carbocycles. The fourth-order valence-electron chi connectivity index (χ4n) is 1.87. The van der Waals surface area contributed by atoms with E-state index >= 15 is 0 Å². The molecule has 1 aromatic carbocycles. The Kier molecular flexibility index (Phi) is 4.22. The van der Waals surface area contributed by atoms with Crippen LogP contribution < -0.4 is 10.9 Å². The molecule has 0 unspecified atom stereocenters. The van der Waals surface area contributed by atoms with Gasteiger partial charge in [-0.25, -0.2) is 4.79 Å². The number of carbonyl (C=O) groups excluding carboxylic acids is 1. The van der Waals surface area contributed by atoms with Crippen molar-refractivity contribution < 1.29 is 9.21 Å². The topological polar surface area (TPSA) is 59.3 Å². The molecule has 2 aromatic heterocycles. The van der Waals surface area contributed by atoms with Gasteiger partial charge in [0.1, 0.15) is 11.4 Å². The number of rotatable bonds is 3. The first-order valence-corrected chi connectivity index (χ1v) is 8.06. The molecule has 6 heteroatoms. The molecular formula is C16H10BrNO3S. The van der Waals surface area contributed by atoms with E-state index in [4.69, 9.17) is 4.42 Å². The van der Waals surface area contributed by atoms with Crippen LogP contribution in [-0.4, -0.2) is 5.91 Å². The molecule has 2 heterocycles. The summed E-state index contributed by atoms with van der Waals surface area (Å²) >= 11 is 4.66. The number of hydrogen-bond donors (Lipinski definition) is 1. The van der Waals surface area contributed by atoms with Crippen molar-refractivity contribution in [3.63, 3.8) is 0 Å². The highest BCUT2D eigenvalue weighted by molar-refractivity contribution is 9.10. The van der Waals surface area contributed by atoms with Gasteiger partial charge in [0.2, 0.25) is 0 Å². The largest absolute Gasteiger partial charge is 0.421 e. The summed E-state index contributed by atoms with van der Waals surface area (Å²) in [4.78, 5) is 24.5. The lowest BCUT2D eigenvalue weighted by molar-refractivity contribution is 0.103. The molecule has 3 rings (SSSR count). The molecule has 0 bridgehead atoms. The van der Waals surface area contributed by atoms with Crippen LogP contribution in [0.4, 0.5) is 5.69 Å². The monoisotopic (exact) mass is 375 g/mol. The Labute approximate surface area is 138 Å². The number of hydrogen-bond acceptors (Lipinski definition) is 4. The van der Waals surface area contributed by atoms with E-state index in [1.165, 1.54) is 11.3 Å². The van der Waals surface area contributed by atoms with E-state index in [1.807, 2.05) is 24.3 Å². The fraction of sp³-hybridized carbons (Fsp3) is 0. The van der Waals surface area contributed by atoms with Gasteiger partial charge in [0.25, 0.3) is 5.91 Å². The molecule has 110 valence electrons. The number of halogens is 1. The van der Waals surface area contributed by atoms with Gasteiger partial charge in [0, 0.05) is 10.0 Å². The second-order valence-corrected chi connectivity index (χ2v) is 6.30. The average molecular weight is 376 g/mol. The van der Waals surface area contributed by atoms with Gasteiger partial charge in [-0.3, -0.25) is 4.79 Å². The van der Waals surface area contributed by atoms with Gasteiger partial charge in [0.15, 0.2) is 0 Å². The minimum absolute atomic E-state index is 0.124. The second kappa shape index (κ2) is 6.29. The number of carbonyl (C=O) groups is 1. The van der Waals surface area contributed by atoms with Crippen molar-refractivity contribution in [3.05, 3.63) is 73.7 Å². The van der Waals surface area contributed by atoms with Crippen molar-refractivity contribution >= 4 is 38.9 Å². The Hall–Kier alpha value is -2.18. The molecule has 0 radical (unpaired) electrons. The lowest BCUT2D eigenvalue weighted by Gasteiger charge is -2.04. The molecule has 4 nitrogen and oxygen atoms in total. The molecule has 0 atom stereocenters. The average Bonchev–Trinajstić information content (AvgIpc) is 3.04. The maximum Gasteiger partial charge on any atom is 0.360 e. The summed E-state index contributed by atoms with van der Waals surface area (Å²) in [7, 11) is 0. The van der Waals surface area contributed by atoms with Crippen molar-refractivity contribution in [3.8, 4) is 11.3 Å². The first-order chi connectivity index (χ1) is 10.6. The molecule has 3 aromatic rings. The van der Waals surface area contributed by atoms with E-state index < -0.39 is 5.63 Å². The van der Waals surface area contributed by atoms with Crippen molar-refractivity contribution in [1.82, 2.24) is 0 Å². The summed E-state index contributed by atoms with van der Waals surface area (Å²) in [5.41, 5.74) is 0.334. The summed E-state index contributed by atoms with van der Waals surface area (Å²) in [6.45, 7) is 0. The number of amides is 1. The van der Waals surface area contributed by atoms with Crippen LogP contribution in [0.5, 0.6) is 0 Å². The van der Waals surface area contributed by atoms with Crippen LogP contribution in [0.1, 0.15) is 9.67 Å². The molecule has 0 aliphatic carbocycles. The molecule has 22 heavy (non-hydrogen) atoms. The lowest BCUT2D eigenvalue weighted by atomic mass is 10.1. The molecular weight excluding hydrogens is 366 g/mol. The third kappa shape index (κ3) is 3.18. The van der Waals surface area contributed by atoms with Crippen LogP contribution in [0.25, 0.3) is 11.3 Å².